The molecule has 2 nitrogen and oxygen atoms in total. The topological polar surface area (TPSA) is 15.3 Å². The standard InChI is InChI=1S/C13H19FN2/c1-13(2)8-12(9-15-13)16(3)11-6-4-10(14)5-7-11/h4-7,12,15H,8-9H2,1-3H3. The third-order valence-electron chi connectivity index (χ3n) is 3.34. The van der Waals surface area contributed by atoms with Crippen molar-refractivity contribution in [1.82, 2.24) is 5.32 Å². The van der Waals surface area contributed by atoms with E-state index in [9.17, 15) is 4.39 Å². The molecule has 1 heterocycles. The van der Waals surface area contributed by atoms with Crippen molar-refractivity contribution in [2.24, 2.45) is 0 Å². The molecule has 1 aliphatic rings. The molecule has 1 aromatic rings. The van der Waals surface area contributed by atoms with Crippen molar-refractivity contribution in [3.05, 3.63) is 30.1 Å². The highest BCUT2D eigenvalue weighted by Crippen LogP contribution is 2.25. The average Bonchev–Trinajstić information content (AvgIpc) is 2.59. The molecule has 0 saturated carbocycles. The minimum atomic E-state index is -0.179. The van der Waals surface area contributed by atoms with Gasteiger partial charge in [-0.15, -0.1) is 0 Å². The number of hydrogen-bond acceptors (Lipinski definition) is 2. The molecule has 1 fully saturated rings. The van der Waals surface area contributed by atoms with Gasteiger partial charge in [0.25, 0.3) is 0 Å². The molecule has 0 amide bonds. The molecule has 0 aromatic heterocycles. The molecule has 1 aliphatic heterocycles. The van der Waals surface area contributed by atoms with Crippen LogP contribution in [0.2, 0.25) is 0 Å². The lowest BCUT2D eigenvalue weighted by atomic mass is 10.0. The van der Waals surface area contributed by atoms with Gasteiger partial charge >= 0.3 is 0 Å². The second kappa shape index (κ2) is 4.06. The predicted octanol–water partition coefficient (Wildman–Crippen LogP) is 2.40. The Balaban J connectivity index is 2.08. The second-order valence-electron chi connectivity index (χ2n) is 5.21. The largest absolute Gasteiger partial charge is 0.370 e. The van der Waals surface area contributed by atoms with E-state index in [1.807, 2.05) is 12.1 Å². The zero-order chi connectivity index (χ0) is 11.8. The molecule has 0 spiro atoms. The number of nitrogens with one attached hydrogen (secondary N) is 1. The van der Waals surface area contributed by atoms with E-state index in [4.69, 9.17) is 0 Å². The number of rotatable bonds is 2. The molecule has 16 heavy (non-hydrogen) atoms. The fraction of sp³-hybridized carbons (Fsp3) is 0.538. The summed E-state index contributed by atoms with van der Waals surface area (Å²) in [5.41, 5.74) is 1.28. The summed E-state index contributed by atoms with van der Waals surface area (Å²) in [5.74, 6) is -0.179. The van der Waals surface area contributed by atoms with Crippen LogP contribution in [-0.4, -0.2) is 25.2 Å². The van der Waals surface area contributed by atoms with Crippen molar-refractivity contribution in [3.63, 3.8) is 0 Å². The molecular weight excluding hydrogens is 203 g/mol. The fourth-order valence-corrected chi connectivity index (χ4v) is 2.29. The van der Waals surface area contributed by atoms with Gasteiger partial charge in [0.05, 0.1) is 0 Å². The van der Waals surface area contributed by atoms with Crippen molar-refractivity contribution in [2.75, 3.05) is 18.5 Å². The summed E-state index contributed by atoms with van der Waals surface area (Å²) in [7, 11) is 2.07. The quantitative estimate of drug-likeness (QED) is 0.826. The smallest absolute Gasteiger partial charge is 0.123 e. The number of halogens is 1. The Bertz CT molecular complexity index is 359. The molecule has 0 radical (unpaired) electrons. The van der Waals surface area contributed by atoms with Crippen molar-refractivity contribution >= 4 is 5.69 Å². The molecule has 0 aliphatic carbocycles. The van der Waals surface area contributed by atoms with Gasteiger partial charge in [-0.25, -0.2) is 4.39 Å². The van der Waals surface area contributed by atoms with Crippen molar-refractivity contribution in [2.45, 2.75) is 31.8 Å². The van der Waals surface area contributed by atoms with Crippen LogP contribution in [0.3, 0.4) is 0 Å². The van der Waals surface area contributed by atoms with Gasteiger partial charge in [-0.2, -0.15) is 0 Å². The highest BCUT2D eigenvalue weighted by molar-refractivity contribution is 5.47. The predicted molar refractivity (Wildman–Crippen MR) is 65.3 cm³/mol. The van der Waals surface area contributed by atoms with Gasteiger partial charge in [-0.05, 0) is 44.5 Å². The average molecular weight is 222 g/mol. The van der Waals surface area contributed by atoms with E-state index in [2.05, 4.69) is 31.1 Å². The lowest BCUT2D eigenvalue weighted by molar-refractivity contribution is 0.454. The summed E-state index contributed by atoms with van der Waals surface area (Å²) in [6.07, 6.45) is 1.11. The van der Waals surface area contributed by atoms with Gasteiger partial charge in [-0.3, -0.25) is 0 Å². The van der Waals surface area contributed by atoms with Gasteiger partial charge in [0.1, 0.15) is 5.82 Å². The summed E-state index contributed by atoms with van der Waals surface area (Å²) >= 11 is 0. The Hall–Kier alpha value is -1.09. The van der Waals surface area contributed by atoms with Crippen LogP contribution in [0.5, 0.6) is 0 Å². The number of hydrogen-bond donors (Lipinski definition) is 1. The normalized spacial score (nSPS) is 23.4. The first-order valence-electron chi connectivity index (χ1n) is 5.71. The fourth-order valence-electron chi connectivity index (χ4n) is 2.29. The van der Waals surface area contributed by atoms with Crippen LogP contribution in [0, 0.1) is 5.82 Å². The summed E-state index contributed by atoms with van der Waals surface area (Å²) in [6, 6.07) is 7.18. The highest BCUT2D eigenvalue weighted by Gasteiger charge is 2.32. The maximum absolute atomic E-state index is 12.8. The summed E-state index contributed by atoms with van der Waals surface area (Å²) in [4.78, 5) is 2.22. The van der Waals surface area contributed by atoms with E-state index >= 15 is 0 Å². The van der Waals surface area contributed by atoms with E-state index in [0.29, 0.717) is 6.04 Å². The van der Waals surface area contributed by atoms with Gasteiger partial charge in [0.2, 0.25) is 0 Å². The van der Waals surface area contributed by atoms with Crippen molar-refractivity contribution in [1.29, 1.82) is 0 Å². The molecule has 1 aromatic carbocycles. The Kier molecular flexibility index (Phi) is 2.89. The second-order valence-corrected chi connectivity index (χ2v) is 5.21. The van der Waals surface area contributed by atoms with Crippen LogP contribution in [-0.2, 0) is 0 Å². The van der Waals surface area contributed by atoms with Crippen LogP contribution in [0.15, 0.2) is 24.3 Å². The first kappa shape index (κ1) is 11.4. The molecule has 1 unspecified atom stereocenters. The lowest BCUT2D eigenvalue weighted by Crippen LogP contribution is -2.33. The summed E-state index contributed by atoms with van der Waals surface area (Å²) in [5, 5.41) is 3.49. The first-order chi connectivity index (χ1) is 7.48. The summed E-state index contributed by atoms with van der Waals surface area (Å²) in [6.45, 7) is 5.41. The van der Waals surface area contributed by atoms with E-state index < -0.39 is 0 Å². The Morgan fingerprint density at radius 1 is 1.31 bits per heavy atom. The van der Waals surface area contributed by atoms with E-state index in [0.717, 1.165) is 18.7 Å². The SMILES string of the molecule is CN(c1ccc(F)cc1)C1CNC(C)(C)C1. The van der Waals surface area contributed by atoms with Crippen LogP contribution in [0.4, 0.5) is 10.1 Å². The van der Waals surface area contributed by atoms with Crippen LogP contribution in [0.25, 0.3) is 0 Å². The van der Waals surface area contributed by atoms with Crippen LogP contribution < -0.4 is 10.2 Å². The molecule has 3 heteroatoms. The maximum atomic E-state index is 12.8. The van der Waals surface area contributed by atoms with Gasteiger partial charge in [0.15, 0.2) is 0 Å². The lowest BCUT2D eigenvalue weighted by Gasteiger charge is -2.27. The highest BCUT2D eigenvalue weighted by atomic mass is 19.1. The molecule has 88 valence electrons. The molecule has 0 bridgehead atoms. The summed E-state index contributed by atoms with van der Waals surface area (Å²) < 4.78 is 12.8. The Labute approximate surface area is 96.5 Å². The zero-order valence-corrected chi connectivity index (χ0v) is 10.1. The number of nitrogens with zero attached hydrogens (tertiary/aromatic N) is 1. The van der Waals surface area contributed by atoms with Gasteiger partial charge < -0.3 is 10.2 Å². The monoisotopic (exact) mass is 222 g/mol. The minimum absolute atomic E-state index is 0.179. The van der Waals surface area contributed by atoms with Crippen molar-refractivity contribution in [3.8, 4) is 0 Å². The first-order valence-corrected chi connectivity index (χ1v) is 5.71. The number of benzene rings is 1. The Morgan fingerprint density at radius 3 is 2.44 bits per heavy atom. The van der Waals surface area contributed by atoms with E-state index in [1.165, 1.54) is 12.1 Å². The molecule has 1 atom stereocenters. The van der Waals surface area contributed by atoms with Gasteiger partial charge in [0, 0.05) is 30.9 Å². The Morgan fingerprint density at radius 2 is 1.94 bits per heavy atom. The maximum Gasteiger partial charge on any atom is 0.123 e. The van der Waals surface area contributed by atoms with Gasteiger partial charge in [-0.1, -0.05) is 0 Å². The minimum Gasteiger partial charge on any atom is -0.370 e. The third-order valence-corrected chi connectivity index (χ3v) is 3.34. The number of anilines is 1. The molecular formula is C13H19FN2. The van der Waals surface area contributed by atoms with Crippen LogP contribution in [0.1, 0.15) is 20.3 Å². The van der Waals surface area contributed by atoms with E-state index in [1.54, 1.807) is 0 Å². The van der Waals surface area contributed by atoms with Crippen molar-refractivity contribution < 1.29 is 4.39 Å². The zero-order valence-electron chi connectivity index (χ0n) is 10.1. The molecule has 1 saturated heterocycles. The number of likely N-dealkylation sites (N-methyl/N-ethyl adjacent to an activating group) is 1. The van der Waals surface area contributed by atoms with E-state index in [-0.39, 0.29) is 11.4 Å². The molecule has 2 rings (SSSR count). The van der Waals surface area contributed by atoms with Crippen LogP contribution >= 0.6 is 0 Å². The third kappa shape index (κ3) is 2.35. The molecule has 1 N–H and O–H groups in total.